The molecule has 0 bridgehead atoms. The Morgan fingerprint density at radius 1 is 1.03 bits per heavy atom. The van der Waals surface area contributed by atoms with Gasteiger partial charge >= 0.3 is 5.97 Å². The molecule has 2 heterocycles. The Labute approximate surface area is 358 Å². The van der Waals surface area contributed by atoms with E-state index in [-0.39, 0.29) is 37.2 Å². The number of rotatable bonds is 14. The van der Waals surface area contributed by atoms with Crippen molar-refractivity contribution in [2.75, 3.05) is 27.8 Å². The summed E-state index contributed by atoms with van der Waals surface area (Å²) in [6.45, 7) is 29.6. The van der Waals surface area contributed by atoms with Crippen molar-refractivity contribution in [3.63, 3.8) is 0 Å². The molecule has 0 radical (unpaired) electrons. The highest BCUT2D eigenvalue weighted by molar-refractivity contribution is 6.69. The number of methoxy groups -OCH3 is 1. The summed E-state index contributed by atoms with van der Waals surface area (Å²) < 4.78 is 46.6. The Morgan fingerprint density at radius 3 is 2.19 bits per heavy atom. The highest BCUT2D eigenvalue weighted by atomic mass is 28.4. The molecule has 0 aromatic carbocycles. The molecule has 13 nitrogen and oxygen atoms in total. The number of oxime groups is 1. The molecule has 0 amide bonds. The van der Waals surface area contributed by atoms with E-state index in [2.05, 4.69) is 52.1 Å². The van der Waals surface area contributed by atoms with E-state index in [1.54, 1.807) is 20.1 Å². The maximum atomic E-state index is 14.3. The monoisotopic (exact) mass is 857 g/mol. The highest BCUT2D eigenvalue weighted by Gasteiger charge is 2.53. The first kappa shape index (κ1) is 51.9. The van der Waals surface area contributed by atoms with E-state index < -0.39 is 85.8 Å². The minimum absolute atomic E-state index is 0.0101. The number of cyclic esters (lactones) is 1. The molecule has 0 aromatic rings. The lowest BCUT2D eigenvalue weighted by Gasteiger charge is -2.50. The summed E-state index contributed by atoms with van der Waals surface area (Å²) >= 11 is 0. The van der Waals surface area contributed by atoms with E-state index in [9.17, 15) is 15.0 Å². The average molecular weight is 857 g/mol. The number of aliphatic hydroxyl groups excluding tert-OH is 1. The Hall–Kier alpha value is -1.46. The van der Waals surface area contributed by atoms with E-state index in [1.807, 2.05) is 48.5 Å². The van der Waals surface area contributed by atoms with Gasteiger partial charge in [-0.05, 0) is 107 Å². The largest absolute Gasteiger partial charge is 0.459 e. The molecule has 2 saturated heterocycles. The van der Waals surface area contributed by atoms with Crippen LogP contribution in [0.25, 0.3) is 0 Å². The first-order valence-corrected chi connectivity index (χ1v) is 25.7. The van der Waals surface area contributed by atoms with Gasteiger partial charge in [-0.15, -0.1) is 6.58 Å². The molecule has 3 rings (SSSR count). The predicted octanol–water partition coefficient (Wildman–Crippen LogP) is 7.47. The molecule has 14 heteroatoms. The summed E-state index contributed by atoms with van der Waals surface area (Å²) in [6.07, 6.45) is 1.98. The Balaban J connectivity index is 2.31. The number of likely N-dealkylation sites (N-methyl/N-ethyl adjacent to an activating group) is 1. The van der Waals surface area contributed by atoms with Crippen LogP contribution in [0.15, 0.2) is 17.8 Å². The molecule has 1 aliphatic carbocycles. The first-order valence-electron chi connectivity index (χ1n) is 22.3. The van der Waals surface area contributed by atoms with Crippen LogP contribution in [-0.2, 0) is 42.5 Å². The van der Waals surface area contributed by atoms with Crippen molar-refractivity contribution in [3.8, 4) is 0 Å². The van der Waals surface area contributed by atoms with Crippen molar-refractivity contribution in [1.29, 1.82) is 0 Å². The Kier molecular flexibility index (Phi) is 19.1. The maximum absolute atomic E-state index is 14.3. The zero-order chi connectivity index (χ0) is 44.7. The molecule has 59 heavy (non-hydrogen) atoms. The molecule has 344 valence electrons. The molecule has 2 aliphatic heterocycles. The number of carbonyl (C=O) groups is 1. The van der Waals surface area contributed by atoms with Crippen LogP contribution in [0.2, 0.25) is 19.6 Å². The van der Waals surface area contributed by atoms with E-state index in [0.29, 0.717) is 25.0 Å². The Bertz CT molecular complexity index is 1350. The molecule has 3 fully saturated rings. The summed E-state index contributed by atoms with van der Waals surface area (Å²) in [5.74, 6) is -3.93. The van der Waals surface area contributed by atoms with Crippen molar-refractivity contribution in [1.82, 2.24) is 4.90 Å². The molecular formula is C45H84N2O11Si. The third-order valence-electron chi connectivity index (χ3n) is 12.8. The number of ether oxygens (including phenoxy) is 6. The van der Waals surface area contributed by atoms with Crippen LogP contribution in [-0.4, -0.2) is 135 Å². The van der Waals surface area contributed by atoms with Crippen molar-refractivity contribution in [2.24, 2.45) is 28.8 Å². The lowest BCUT2D eigenvalue weighted by Crippen LogP contribution is -2.62. The summed E-state index contributed by atoms with van der Waals surface area (Å²) in [7, 11) is 3.65. The molecular weight excluding hydrogens is 773 g/mol. The molecule has 1 saturated carbocycles. The van der Waals surface area contributed by atoms with Gasteiger partial charge in [-0.1, -0.05) is 45.3 Å². The minimum atomic E-state index is -2.13. The van der Waals surface area contributed by atoms with Gasteiger partial charge in [0.1, 0.15) is 17.8 Å². The van der Waals surface area contributed by atoms with E-state index >= 15 is 0 Å². The number of hydrogen-bond acceptors (Lipinski definition) is 13. The second kappa shape index (κ2) is 21.8. The van der Waals surface area contributed by atoms with Gasteiger partial charge in [0.05, 0.1) is 54.4 Å². The van der Waals surface area contributed by atoms with Gasteiger partial charge in [0.25, 0.3) is 0 Å². The summed E-state index contributed by atoms with van der Waals surface area (Å²) in [4.78, 5) is 23.0. The van der Waals surface area contributed by atoms with Crippen LogP contribution in [0, 0.1) is 23.7 Å². The number of carbonyl (C=O) groups excluding carboxylic acids is 1. The molecule has 0 aromatic heterocycles. The molecule has 2 N–H and O–H groups in total. The summed E-state index contributed by atoms with van der Waals surface area (Å²) in [5.41, 5.74) is -2.40. The Morgan fingerprint density at radius 2 is 1.66 bits per heavy atom. The molecule has 0 spiro atoms. The summed E-state index contributed by atoms with van der Waals surface area (Å²) in [6, 6.07) is 0.0101. The topological polar surface area (TPSA) is 147 Å². The standard InChI is InChI=1S/C45H84N2O11Si/c1-18-25-52-37-32(8)40(55-42-38(57-59(15,16)17)34(47(12)13)26-30(6)53-42)43(10,51-14)27-29(5)36(46-58-45(56-28(3)4)23-21-20-22-24-45)31(7)39(48)44(11,50)35(19-2)54-41(49)33(37)9/h18,28-35,37-40,42,48,50H,1,19-27H2,2-17H3/b46-36+/t29-,30-,31+,32+,33-,34+,35-,37+,38-,39-,40-,42+,43-,44-/m1/s1. The van der Waals surface area contributed by atoms with E-state index in [4.69, 9.17) is 42.8 Å². The third kappa shape index (κ3) is 13.3. The first-order chi connectivity index (χ1) is 27.4. The maximum Gasteiger partial charge on any atom is 0.311 e. The van der Waals surface area contributed by atoms with Crippen molar-refractivity contribution >= 4 is 20.0 Å². The van der Waals surface area contributed by atoms with Crippen LogP contribution >= 0.6 is 0 Å². The van der Waals surface area contributed by atoms with Gasteiger partial charge in [0, 0.05) is 43.7 Å². The smallest absolute Gasteiger partial charge is 0.311 e. The van der Waals surface area contributed by atoms with Crippen molar-refractivity contribution in [3.05, 3.63) is 12.7 Å². The molecule has 14 atom stereocenters. The van der Waals surface area contributed by atoms with Gasteiger partial charge in [-0.2, -0.15) is 0 Å². The SMILES string of the molecule is C=CCO[C@H]1[C@H](C)[C@@H](O[C@@H]2O[C@H](C)C[C@H](N(C)C)[C@H]2O[Si](C)(C)C)[C@](C)(OC)C[C@@H](C)/C(=N\OC2(OC(C)C)CCCCC2)[C@H](C)[C@@H](O)[C@](C)(O)[C@@H](CC)OC(=O)[C@@H]1C. The second-order valence-corrected chi connectivity index (χ2v) is 24.2. The van der Waals surface area contributed by atoms with Crippen LogP contribution in [0.5, 0.6) is 0 Å². The highest BCUT2D eigenvalue weighted by Crippen LogP contribution is 2.42. The lowest BCUT2D eigenvalue weighted by molar-refractivity contribution is -0.299. The fourth-order valence-electron chi connectivity index (χ4n) is 9.64. The number of aliphatic hydroxyl groups is 2. The van der Waals surface area contributed by atoms with Gasteiger partial charge in [-0.25, -0.2) is 0 Å². The van der Waals surface area contributed by atoms with Crippen LogP contribution in [0.1, 0.15) is 121 Å². The second-order valence-electron chi connectivity index (χ2n) is 19.7. The van der Waals surface area contributed by atoms with E-state index in [1.165, 1.54) is 6.92 Å². The molecule has 0 unspecified atom stereocenters. The minimum Gasteiger partial charge on any atom is -0.459 e. The lowest BCUT2D eigenvalue weighted by atomic mass is 9.73. The number of hydrogen-bond donors (Lipinski definition) is 2. The van der Waals surface area contributed by atoms with Crippen molar-refractivity contribution < 1.29 is 52.7 Å². The number of nitrogens with zero attached hydrogens (tertiary/aromatic N) is 2. The fraction of sp³-hybridized carbons (Fsp3) is 0.911. The summed E-state index contributed by atoms with van der Waals surface area (Å²) in [5, 5.41) is 29.2. The zero-order valence-electron chi connectivity index (χ0n) is 39.6. The van der Waals surface area contributed by atoms with Crippen LogP contribution in [0.4, 0.5) is 0 Å². The quantitative estimate of drug-likeness (QED) is 0.0588. The van der Waals surface area contributed by atoms with Crippen LogP contribution in [0.3, 0.4) is 0 Å². The zero-order valence-corrected chi connectivity index (χ0v) is 40.6. The van der Waals surface area contributed by atoms with Crippen LogP contribution < -0.4 is 0 Å². The predicted molar refractivity (Wildman–Crippen MR) is 234 cm³/mol. The normalized spacial score (nSPS) is 40.1. The molecule has 3 aliphatic rings. The van der Waals surface area contributed by atoms with Gasteiger partial charge in [0.15, 0.2) is 14.6 Å². The van der Waals surface area contributed by atoms with E-state index in [0.717, 1.165) is 25.7 Å². The van der Waals surface area contributed by atoms with Gasteiger partial charge < -0.3 is 52.8 Å². The van der Waals surface area contributed by atoms with Gasteiger partial charge in [-0.3, -0.25) is 4.79 Å². The van der Waals surface area contributed by atoms with Crippen molar-refractivity contribution in [2.45, 2.75) is 212 Å². The fourth-order valence-corrected chi connectivity index (χ4v) is 10.7. The van der Waals surface area contributed by atoms with Gasteiger partial charge in [0.2, 0.25) is 5.79 Å². The third-order valence-corrected chi connectivity index (χ3v) is 13.8. The number of esters is 1. The average Bonchev–Trinajstić information content (AvgIpc) is 3.15.